The van der Waals surface area contributed by atoms with Crippen LogP contribution in [0.3, 0.4) is 0 Å². The molecule has 0 spiro atoms. The Morgan fingerprint density at radius 3 is 2.55 bits per heavy atom. The lowest BCUT2D eigenvalue weighted by Gasteiger charge is -2.25. The topological polar surface area (TPSA) is 108 Å². The number of hydrogen-bond acceptors (Lipinski definition) is 4. The molecule has 1 aromatic carbocycles. The third kappa shape index (κ3) is 3.33. The molecule has 0 saturated carbocycles. The van der Waals surface area contributed by atoms with E-state index in [1.807, 2.05) is 0 Å². The Hall–Kier alpha value is -2.41. The molecule has 20 heavy (non-hydrogen) atoms. The van der Waals surface area contributed by atoms with Crippen molar-refractivity contribution in [3.05, 3.63) is 35.9 Å². The van der Waals surface area contributed by atoms with Crippen LogP contribution >= 0.6 is 0 Å². The van der Waals surface area contributed by atoms with E-state index in [2.05, 4.69) is 16.0 Å². The van der Waals surface area contributed by atoms with Crippen molar-refractivity contribution in [2.24, 2.45) is 0 Å². The first-order valence-electron chi connectivity index (χ1n) is 6.16. The highest BCUT2D eigenvalue weighted by Crippen LogP contribution is 2.12. The zero-order chi connectivity index (χ0) is 14.5. The molecule has 2 amide bonds. The van der Waals surface area contributed by atoms with Crippen molar-refractivity contribution in [2.75, 3.05) is 13.1 Å². The molecule has 4 N–H and O–H groups in total. The number of hydrogen-bond donors (Lipinski definition) is 4. The molecule has 2 atom stereocenters. The van der Waals surface area contributed by atoms with Crippen molar-refractivity contribution in [1.82, 2.24) is 16.0 Å². The predicted molar refractivity (Wildman–Crippen MR) is 69.8 cm³/mol. The third-order valence-corrected chi connectivity index (χ3v) is 3.00. The Morgan fingerprint density at radius 2 is 2.00 bits per heavy atom. The van der Waals surface area contributed by atoms with Gasteiger partial charge in [-0.2, -0.15) is 0 Å². The Balaban J connectivity index is 2.03. The maximum atomic E-state index is 12.0. The van der Waals surface area contributed by atoms with Crippen LogP contribution in [0.4, 0.5) is 0 Å². The van der Waals surface area contributed by atoms with Crippen molar-refractivity contribution >= 4 is 17.8 Å². The van der Waals surface area contributed by atoms with E-state index in [0.29, 0.717) is 5.56 Å². The molecule has 7 heteroatoms. The number of rotatable bonds is 4. The molecule has 1 aromatic rings. The molecule has 2 unspecified atom stereocenters. The van der Waals surface area contributed by atoms with Crippen LogP contribution in [0, 0.1) is 0 Å². The molecule has 1 saturated heterocycles. The first-order chi connectivity index (χ1) is 9.58. The molecule has 0 bridgehead atoms. The van der Waals surface area contributed by atoms with Crippen LogP contribution in [0.2, 0.25) is 0 Å². The minimum Gasteiger partial charge on any atom is -0.479 e. The third-order valence-electron chi connectivity index (χ3n) is 3.00. The molecule has 0 radical (unpaired) electrons. The molecule has 1 aliphatic rings. The van der Waals surface area contributed by atoms with E-state index in [1.165, 1.54) is 0 Å². The van der Waals surface area contributed by atoms with Gasteiger partial charge in [-0.3, -0.25) is 14.9 Å². The zero-order valence-electron chi connectivity index (χ0n) is 10.6. The number of carboxylic acids is 1. The molecule has 2 rings (SSSR count). The van der Waals surface area contributed by atoms with E-state index >= 15 is 0 Å². The summed E-state index contributed by atoms with van der Waals surface area (Å²) >= 11 is 0. The lowest BCUT2D eigenvalue weighted by atomic mass is 10.1. The van der Waals surface area contributed by atoms with Gasteiger partial charge < -0.3 is 15.7 Å². The van der Waals surface area contributed by atoms with Gasteiger partial charge in [-0.15, -0.1) is 0 Å². The minimum atomic E-state index is -1.13. The van der Waals surface area contributed by atoms with Crippen molar-refractivity contribution in [3.63, 3.8) is 0 Å². The number of carbonyl (C=O) groups is 3. The van der Waals surface area contributed by atoms with Crippen molar-refractivity contribution < 1.29 is 19.5 Å². The van der Waals surface area contributed by atoms with Crippen LogP contribution in [0.25, 0.3) is 0 Å². The Bertz CT molecular complexity index is 508. The summed E-state index contributed by atoms with van der Waals surface area (Å²) in [6.45, 7) is 0.187. The average molecular weight is 277 g/mol. The van der Waals surface area contributed by atoms with Gasteiger partial charge in [0.15, 0.2) is 6.04 Å². The average Bonchev–Trinajstić information content (AvgIpc) is 2.46. The second kappa shape index (κ2) is 6.16. The van der Waals surface area contributed by atoms with Gasteiger partial charge in [-0.25, -0.2) is 4.79 Å². The first kappa shape index (κ1) is 14.0. The van der Waals surface area contributed by atoms with Crippen molar-refractivity contribution in [1.29, 1.82) is 0 Å². The van der Waals surface area contributed by atoms with Crippen LogP contribution in [0.5, 0.6) is 0 Å². The van der Waals surface area contributed by atoms with E-state index in [0.717, 1.165) is 0 Å². The lowest BCUT2D eigenvalue weighted by molar-refractivity contribution is -0.142. The van der Waals surface area contributed by atoms with Crippen molar-refractivity contribution in [2.45, 2.75) is 12.1 Å². The van der Waals surface area contributed by atoms with E-state index in [-0.39, 0.29) is 19.0 Å². The molecule has 0 aliphatic carbocycles. The number of carboxylic acid groups (broad SMARTS) is 1. The second-order valence-electron chi connectivity index (χ2n) is 4.43. The lowest BCUT2D eigenvalue weighted by Crippen LogP contribution is -2.58. The maximum absolute atomic E-state index is 12.0. The first-order valence-corrected chi connectivity index (χ1v) is 6.16. The zero-order valence-corrected chi connectivity index (χ0v) is 10.6. The SMILES string of the molecule is O=C1CNC(C(=O)NC(C(=O)O)c2ccccc2)CN1. The largest absolute Gasteiger partial charge is 0.479 e. The highest BCUT2D eigenvalue weighted by atomic mass is 16.4. The number of piperazine rings is 1. The fourth-order valence-electron chi connectivity index (χ4n) is 1.93. The summed E-state index contributed by atoms with van der Waals surface area (Å²) in [7, 11) is 0. The van der Waals surface area contributed by atoms with E-state index in [4.69, 9.17) is 0 Å². The molecular formula is C13H15N3O4. The standard InChI is InChI=1S/C13H15N3O4/c17-10-7-14-9(6-15-10)12(18)16-11(13(19)20)8-4-2-1-3-5-8/h1-5,9,11,14H,6-7H2,(H,15,17)(H,16,18)(H,19,20). The van der Waals surface area contributed by atoms with Gasteiger partial charge in [-0.1, -0.05) is 30.3 Å². The van der Waals surface area contributed by atoms with Gasteiger partial charge in [0, 0.05) is 6.54 Å². The van der Waals surface area contributed by atoms with E-state index < -0.39 is 24.0 Å². The van der Waals surface area contributed by atoms with Gasteiger partial charge in [0.25, 0.3) is 0 Å². The van der Waals surface area contributed by atoms with E-state index in [1.54, 1.807) is 30.3 Å². The van der Waals surface area contributed by atoms with Crippen LogP contribution in [-0.4, -0.2) is 42.0 Å². The summed E-state index contributed by atoms with van der Waals surface area (Å²) in [6.07, 6.45) is 0. The summed E-state index contributed by atoms with van der Waals surface area (Å²) in [5.41, 5.74) is 0.494. The number of nitrogens with one attached hydrogen (secondary N) is 3. The predicted octanol–water partition coefficient (Wildman–Crippen LogP) is -0.983. The van der Waals surface area contributed by atoms with Crippen LogP contribution < -0.4 is 16.0 Å². The summed E-state index contributed by atoms with van der Waals surface area (Å²) in [4.78, 5) is 34.3. The van der Waals surface area contributed by atoms with Crippen LogP contribution in [0.1, 0.15) is 11.6 Å². The van der Waals surface area contributed by atoms with E-state index in [9.17, 15) is 19.5 Å². The number of amides is 2. The highest BCUT2D eigenvalue weighted by Gasteiger charge is 2.28. The quantitative estimate of drug-likeness (QED) is 0.565. The molecular weight excluding hydrogens is 262 g/mol. The summed E-state index contributed by atoms with van der Waals surface area (Å²) in [5, 5.41) is 17.0. The van der Waals surface area contributed by atoms with Crippen LogP contribution in [-0.2, 0) is 14.4 Å². The van der Waals surface area contributed by atoms with Crippen molar-refractivity contribution in [3.8, 4) is 0 Å². The molecule has 1 heterocycles. The Labute approximate surface area is 115 Å². The molecule has 0 aromatic heterocycles. The fraction of sp³-hybridized carbons (Fsp3) is 0.308. The smallest absolute Gasteiger partial charge is 0.330 e. The summed E-state index contributed by atoms with van der Waals surface area (Å²) in [6, 6.07) is 6.71. The van der Waals surface area contributed by atoms with Gasteiger partial charge in [0.05, 0.1) is 6.54 Å². The summed E-state index contributed by atoms with van der Waals surface area (Å²) in [5.74, 6) is -1.78. The van der Waals surface area contributed by atoms with Gasteiger partial charge in [-0.05, 0) is 5.56 Å². The Morgan fingerprint density at radius 1 is 1.30 bits per heavy atom. The van der Waals surface area contributed by atoms with Gasteiger partial charge >= 0.3 is 5.97 Å². The monoisotopic (exact) mass is 277 g/mol. The highest BCUT2D eigenvalue weighted by molar-refractivity contribution is 5.90. The molecule has 106 valence electrons. The van der Waals surface area contributed by atoms with Gasteiger partial charge in [0.2, 0.25) is 11.8 Å². The van der Waals surface area contributed by atoms with Gasteiger partial charge in [0.1, 0.15) is 6.04 Å². The minimum absolute atomic E-state index is 0.0428. The molecule has 1 aliphatic heterocycles. The number of benzene rings is 1. The molecule has 7 nitrogen and oxygen atoms in total. The maximum Gasteiger partial charge on any atom is 0.330 e. The number of aliphatic carboxylic acids is 1. The number of carbonyl (C=O) groups excluding carboxylic acids is 2. The summed E-state index contributed by atoms with van der Waals surface area (Å²) < 4.78 is 0. The normalized spacial score (nSPS) is 19.8. The fourth-order valence-corrected chi connectivity index (χ4v) is 1.93. The second-order valence-corrected chi connectivity index (χ2v) is 4.43. The van der Waals surface area contributed by atoms with Crippen LogP contribution in [0.15, 0.2) is 30.3 Å². The molecule has 1 fully saturated rings. The Kier molecular flexibility index (Phi) is 4.31.